The molecule has 2 aromatic carbocycles. The van der Waals surface area contributed by atoms with Crippen LogP contribution in [0.1, 0.15) is 47.1 Å². The van der Waals surface area contributed by atoms with Crippen molar-refractivity contribution in [2.45, 2.75) is 31.3 Å². The Hall–Kier alpha value is -3.51. The van der Waals surface area contributed by atoms with E-state index in [1.54, 1.807) is 12.3 Å². The lowest BCUT2D eigenvalue weighted by atomic mass is 9.92. The molecule has 12 heteroatoms. The molecule has 3 atom stereocenters. The molecule has 4 heterocycles. The van der Waals surface area contributed by atoms with E-state index >= 15 is 0 Å². The minimum atomic E-state index is -2.81. The van der Waals surface area contributed by atoms with Crippen molar-refractivity contribution in [1.29, 1.82) is 0 Å². The molecule has 0 aliphatic carbocycles. The monoisotopic (exact) mass is 570 g/mol. The lowest BCUT2D eigenvalue weighted by Gasteiger charge is -2.32. The van der Waals surface area contributed by atoms with E-state index in [4.69, 9.17) is 16.6 Å². The first kappa shape index (κ1) is 25.8. The van der Waals surface area contributed by atoms with Gasteiger partial charge in [-0.05, 0) is 23.8 Å². The zero-order valence-electron chi connectivity index (χ0n) is 20.3. The van der Waals surface area contributed by atoms with E-state index in [9.17, 15) is 18.3 Å². The third-order valence-electron chi connectivity index (χ3n) is 6.73. The van der Waals surface area contributed by atoms with Gasteiger partial charge in [0.15, 0.2) is 10.8 Å². The standard InChI is InChI=1S/C27H22ClF3N6OS/c28-19-12-16(29)6-7-18(19)23-22(20-8-10-37(35-20)27(30)31)21-13-17(33-25(38)15-4-2-1-3-5-15)14-36(21)24(34-23)26-32-9-11-39-26/h1-12,17,23,25,27,33,38H,13-14H2/t17-,23-,25?/m0/s1. The van der Waals surface area contributed by atoms with Gasteiger partial charge in [-0.2, -0.15) is 13.9 Å². The fraction of sp³-hybridized carbons (Fsp3) is 0.222. The fourth-order valence-electron chi connectivity index (χ4n) is 5.02. The van der Waals surface area contributed by atoms with Crippen LogP contribution in [0.4, 0.5) is 13.2 Å². The van der Waals surface area contributed by atoms with Gasteiger partial charge in [-0.25, -0.2) is 14.1 Å². The van der Waals surface area contributed by atoms with Gasteiger partial charge in [-0.3, -0.25) is 10.3 Å². The number of rotatable bonds is 7. The highest BCUT2D eigenvalue weighted by atomic mass is 35.5. The number of benzene rings is 2. The van der Waals surface area contributed by atoms with Crippen LogP contribution in [0.5, 0.6) is 0 Å². The molecule has 200 valence electrons. The summed E-state index contributed by atoms with van der Waals surface area (Å²) in [6, 6.07) is 13.8. The van der Waals surface area contributed by atoms with Crippen molar-refractivity contribution >= 4 is 34.3 Å². The van der Waals surface area contributed by atoms with E-state index in [1.165, 1.54) is 35.7 Å². The number of fused-ring (bicyclic) bond motifs is 1. The van der Waals surface area contributed by atoms with Crippen molar-refractivity contribution in [3.8, 4) is 0 Å². The van der Waals surface area contributed by atoms with Crippen molar-refractivity contribution in [1.82, 2.24) is 25.0 Å². The SMILES string of the molecule is OC(N[C@H]1CC2=C(c3ccn(C(F)F)n3)[C@H](c3ccc(F)cc3Cl)N=C(c3nccs3)N2C1)c1ccccc1. The lowest BCUT2D eigenvalue weighted by molar-refractivity contribution is 0.0564. The smallest absolute Gasteiger partial charge is 0.333 e. The first-order valence-corrected chi connectivity index (χ1v) is 13.4. The second-order valence-electron chi connectivity index (χ2n) is 9.17. The van der Waals surface area contributed by atoms with Gasteiger partial charge in [0.2, 0.25) is 0 Å². The summed E-state index contributed by atoms with van der Waals surface area (Å²) in [5, 5.41) is 21.0. The molecule has 2 aliphatic heterocycles. The zero-order chi connectivity index (χ0) is 27.1. The normalized spacial score (nSPS) is 19.9. The third-order valence-corrected chi connectivity index (χ3v) is 7.83. The van der Waals surface area contributed by atoms with Crippen LogP contribution in [0.25, 0.3) is 5.57 Å². The van der Waals surface area contributed by atoms with Crippen LogP contribution in [0, 0.1) is 5.82 Å². The minimum Gasteiger partial charge on any atom is -0.374 e. The number of thiazole rings is 1. The number of nitrogens with zero attached hydrogens (tertiary/aromatic N) is 5. The molecule has 4 aromatic rings. The van der Waals surface area contributed by atoms with Gasteiger partial charge in [-0.15, -0.1) is 11.3 Å². The van der Waals surface area contributed by atoms with Crippen molar-refractivity contribution in [2.24, 2.45) is 4.99 Å². The molecule has 1 unspecified atom stereocenters. The average Bonchev–Trinajstić information content (AvgIpc) is 3.69. The van der Waals surface area contributed by atoms with E-state index in [2.05, 4.69) is 15.4 Å². The number of hydrogen-bond donors (Lipinski definition) is 2. The van der Waals surface area contributed by atoms with Crippen LogP contribution >= 0.6 is 22.9 Å². The van der Waals surface area contributed by atoms with Gasteiger partial charge in [-0.1, -0.05) is 48.0 Å². The Morgan fingerprint density at radius 3 is 2.64 bits per heavy atom. The average molecular weight is 571 g/mol. The van der Waals surface area contributed by atoms with Crippen LogP contribution < -0.4 is 5.32 Å². The van der Waals surface area contributed by atoms with Crippen LogP contribution in [-0.2, 0) is 0 Å². The molecule has 0 spiro atoms. The van der Waals surface area contributed by atoms with Gasteiger partial charge < -0.3 is 10.0 Å². The predicted molar refractivity (Wildman–Crippen MR) is 143 cm³/mol. The molecule has 1 saturated heterocycles. The van der Waals surface area contributed by atoms with Crippen molar-refractivity contribution in [3.63, 3.8) is 0 Å². The van der Waals surface area contributed by atoms with E-state index < -0.39 is 24.6 Å². The summed E-state index contributed by atoms with van der Waals surface area (Å²) in [6.45, 7) is -2.37. The Morgan fingerprint density at radius 2 is 1.95 bits per heavy atom. The molecule has 1 fully saturated rings. The van der Waals surface area contributed by atoms with Crippen LogP contribution in [0.3, 0.4) is 0 Å². The molecule has 7 nitrogen and oxygen atoms in total. The number of amidine groups is 1. The number of aromatic nitrogens is 3. The Morgan fingerprint density at radius 1 is 1.13 bits per heavy atom. The Bertz CT molecular complexity index is 1540. The number of aliphatic hydroxyl groups excluding tert-OH is 1. The molecule has 2 N–H and O–H groups in total. The van der Waals surface area contributed by atoms with Gasteiger partial charge in [0.1, 0.15) is 18.1 Å². The minimum absolute atomic E-state index is 0.161. The zero-order valence-corrected chi connectivity index (χ0v) is 21.8. The van der Waals surface area contributed by atoms with E-state index in [1.807, 2.05) is 40.6 Å². The quantitative estimate of drug-likeness (QED) is 0.275. The molecule has 39 heavy (non-hydrogen) atoms. The maximum absolute atomic E-state index is 14.0. The molecule has 0 amide bonds. The van der Waals surface area contributed by atoms with Gasteiger partial charge in [0, 0.05) is 58.6 Å². The fourth-order valence-corrected chi connectivity index (χ4v) is 5.93. The molecule has 2 aromatic heterocycles. The molecule has 6 rings (SSSR count). The third kappa shape index (κ3) is 4.98. The summed E-state index contributed by atoms with van der Waals surface area (Å²) < 4.78 is 41.6. The van der Waals surface area contributed by atoms with Gasteiger partial charge in [0.05, 0.1) is 5.69 Å². The summed E-state index contributed by atoms with van der Waals surface area (Å²) in [7, 11) is 0. The summed E-state index contributed by atoms with van der Waals surface area (Å²) in [5.74, 6) is 0.0856. The molecule has 0 saturated carbocycles. The molecule has 2 aliphatic rings. The molecular weight excluding hydrogens is 549 g/mol. The number of hydrogen-bond acceptors (Lipinski definition) is 7. The Kier molecular flexibility index (Phi) is 6.98. The summed E-state index contributed by atoms with van der Waals surface area (Å²) in [4.78, 5) is 11.5. The number of nitrogens with one attached hydrogen (secondary N) is 1. The molecule has 0 radical (unpaired) electrons. The van der Waals surface area contributed by atoms with E-state index in [-0.39, 0.29) is 11.1 Å². The summed E-state index contributed by atoms with van der Waals surface area (Å²) >= 11 is 7.91. The Balaban J connectivity index is 1.47. The summed E-state index contributed by atoms with van der Waals surface area (Å²) in [6.07, 6.45) is 2.42. The maximum atomic E-state index is 14.0. The van der Waals surface area contributed by atoms with Gasteiger partial charge in [0.25, 0.3) is 0 Å². The van der Waals surface area contributed by atoms with Crippen molar-refractivity contribution in [3.05, 3.63) is 111 Å². The molecule has 0 bridgehead atoms. The van der Waals surface area contributed by atoms with Crippen molar-refractivity contribution < 1.29 is 18.3 Å². The van der Waals surface area contributed by atoms with Gasteiger partial charge >= 0.3 is 6.55 Å². The second-order valence-corrected chi connectivity index (χ2v) is 10.5. The highest BCUT2D eigenvalue weighted by Crippen LogP contribution is 2.46. The predicted octanol–water partition coefficient (Wildman–Crippen LogP) is 5.80. The topological polar surface area (TPSA) is 78.6 Å². The Labute approximate surface area is 230 Å². The highest BCUT2D eigenvalue weighted by molar-refractivity contribution is 7.11. The highest BCUT2D eigenvalue weighted by Gasteiger charge is 2.41. The van der Waals surface area contributed by atoms with E-state index in [0.717, 1.165) is 11.3 Å². The first-order chi connectivity index (χ1) is 18.9. The number of alkyl halides is 2. The van der Waals surface area contributed by atoms with Crippen LogP contribution in [0.2, 0.25) is 5.02 Å². The number of aliphatic imine (C=N–C) groups is 1. The number of halogens is 4. The second kappa shape index (κ2) is 10.6. The lowest BCUT2D eigenvalue weighted by Crippen LogP contribution is -2.38. The number of aliphatic hydroxyl groups is 1. The summed E-state index contributed by atoms with van der Waals surface area (Å²) in [5.41, 5.74) is 2.92. The maximum Gasteiger partial charge on any atom is 0.333 e. The largest absolute Gasteiger partial charge is 0.374 e. The van der Waals surface area contributed by atoms with Crippen LogP contribution in [0.15, 0.2) is 83.1 Å². The van der Waals surface area contributed by atoms with Crippen LogP contribution in [-0.4, -0.2) is 43.2 Å². The molecular formula is C27H22ClF3N6OS. The van der Waals surface area contributed by atoms with Crippen molar-refractivity contribution in [2.75, 3.05) is 6.54 Å². The first-order valence-electron chi connectivity index (χ1n) is 12.1. The van der Waals surface area contributed by atoms with E-state index in [0.29, 0.717) is 45.3 Å².